The van der Waals surface area contributed by atoms with E-state index in [4.69, 9.17) is 0 Å². The lowest BCUT2D eigenvalue weighted by atomic mass is 10.2. The van der Waals surface area contributed by atoms with Crippen molar-refractivity contribution in [3.05, 3.63) is 41.2 Å². The van der Waals surface area contributed by atoms with Gasteiger partial charge in [0.05, 0.1) is 11.2 Å². The van der Waals surface area contributed by atoms with Crippen LogP contribution >= 0.6 is 15.9 Å². The van der Waals surface area contributed by atoms with Gasteiger partial charge in [0.1, 0.15) is 5.52 Å². The fourth-order valence-electron chi connectivity index (χ4n) is 1.79. The first-order valence-electron chi connectivity index (χ1n) is 5.33. The molecular formula is C13H14BrN3. The van der Waals surface area contributed by atoms with E-state index in [9.17, 15) is 0 Å². The molecule has 17 heavy (non-hydrogen) atoms. The van der Waals surface area contributed by atoms with Gasteiger partial charge in [-0.2, -0.15) is 0 Å². The highest BCUT2D eigenvalue weighted by Gasteiger charge is 2.08. The van der Waals surface area contributed by atoms with E-state index >= 15 is 0 Å². The van der Waals surface area contributed by atoms with Gasteiger partial charge in [-0.25, -0.2) is 0 Å². The first-order chi connectivity index (χ1) is 8.08. The Bertz CT molecular complexity index is 566. The molecular weight excluding hydrogens is 278 g/mol. The number of aromatic nitrogens is 2. The predicted octanol–water partition coefficient (Wildman–Crippen LogP) is 3.40. The van der Waals surface area contributed by atoms with Gasteiger partial charge in [-0.3, -0.25) is 9.97 Å². The second-order valence-corrected chi connectivity index (χ2v) is 5.08. The van der Waals surface area contributed by atoms with Crippen LogP contribution in [0.2, 0.25) is 0 Å². The minimum absolute atomic E-state index is 0.816. The highest BCUT2D eigenvalue weighted by Crippen LogP contribution is 2.24. The Morgan fingerprint density at radius 2 is 2.24 bits per heavy atom. The quantitative estimate of drug-likeness (QED) is 0.812. The van der Waals surface area contributed by atoms with Crippen molar-refractivity contribution < 1.29 is 0 Å². The lowest BCUT2D eigenvalue weighted by Crippen LogP contribution is -2.19. The van der Waals surface area contributed by atoms with Gasteiger partial charge in [0.2, 0.25) is 0 Å². The van der Waals surface area contributed by atoms with Gasteiger partial charge in [-0.05, 0) is 35.0 Å². The topological polar surface area (TPSA) is 29.0 Å². The van der Waals surface area contributed by atoms with Crippen LogP contribution in [0.25, 0.3) is 11.0 Å². The van der Waals surface area contributed by atoms with Crippen LogP contribution in [0.3, 0.4) is 0 Å². The molecule has 0 aliphatic carbocycles. The van der Waals surface area contributed by atoms with Crippen LogP contribution < -0.4 is 4.90 Å². The van der Waals surface area contributed by atoms with Gasteiger partial charge in [-0.15, -0.1) is 0 Å². The Hall–Kier alpha value is -1.42. The lowest BCUT2D eigenvalue weighted by Gasteiger charge is -2.20. The molecule has 0 aliphatic heterocycles. The molecule has 0 unspecified atom stereocenters. The van der Waals surface area contributed by atoms with Crippen LogP contribution in [0.5, 0.6) is 0 Å². The molecule has 0 spiro atoms. The lowest BCUT2D eigenvalue weighted by molar-refractivity contribution is 0.986. The second kappa shape index (κ2) is 4.84. The van der Waals surface area contributed by atoms with E-state index in [1.54, 1.807) is 12.4 Å². The summed E-state index contributed by atoms with van der Waals surface area (Å²) in [5.41, 5.74) is 4.00. The van der Waals surface area contributed by atoms with E-state index < -0.39 is 0 Å². The zero-order valence-electron chi connectivity index (χ0n) is 9.94. The van der Waals surface area contributed by atoms with E-state index in [1.165, 1.54) is 0 Å². The Balaban J connectivity index is 2.50. The van der Waals surface area contributed by atoms with Crippen molar-refractivity contribution in [3.8, 4) is 0 Å². The number of rotatable bonds is 3. The van der Waals surface area contributed by atoms with Crippen molar-refractivity contribution >= 4 is 32.7 Å². The van der Waals surface area contributed by atoms with Crippen LogP contribution in [0.4, 0.5) is 5.69 Å². The summed E-state index contributed by atoms with van der Waals surface area (Å²) in [5.74, 6) is 0. The molecule has 0 radical (unpaired) electrons. The van der Waals surface area contributed by atoms with Crippen molar-refractivity contribution in [2.75, 3.05) is 18.5 Å². The molecule has 0 fully saturated rings. The Morgan fingerprint density at radius 1 is 1.47 bits per heavy atom. The van der Waals surface area contributed by atoms with Gasteiger partial charge in [-0.1, -0.05) is 12.2 Å². The summed E-state index contributed by atoms with van der Waals surface area (Å²) in [6, 6.07) is 3.95. The minimum atomic E-state index is 0.816. The van der Waals surface area contributed by atoms with E-state index in [0.29, 0.717) is 0 Å². The standard InChI is InChI=1S/C13H14BrN3/c1-9(2)8-17(3)12-4-5-15-11-6-10(14)7-16-13(11)12/h4-7H,1,8H2,2-3H3. The van der Waals surface area contributed by atoms with Crippen LogP contribution in [-0.4, -0.2) is 23.6 Å². The Labute approximate surface area is 109 Å². The van der Waals surface area contributed by atoms with E-state index in [-0.39, 0.29) is 0 Å². The summed E-state index contributed by atoms with van der Waals surface area (Å²) in [5, 5.41) is 0. The van der Waals surface area contributed by atoms with E-state index in [1.807, 2.05) is 26.1 Å². The fourth-order valence-corrected chi connectivity index (χ4v) is 2.11. The normalized spacial score (nSPS) is 10.5. The molecule has 4 heteroatoms. The van der Waals surface area contributed by atoms with Crippen molar-refractivity contribution in [3.63, 3.8) is 0 Å². The molecule has 0 atom stereocenters. The number of pyridine rings is 2. The second-order valence-electron chi connectivity index (χ2n) is 4.16. The number of hydrogen-bond donors (Lipinski definition) is 0. The van der Waals surface area contributed by atoms with Crippen LogP contribution in [-0.2, 0) is 0 Å². The van der Waals surface area contributed by atoms with Crippen molar-refractivity contribution in [1.82, 2.24) is 9.97 Å². The summed E-state index contributed by atoms with van der Waals surface area (Å²) in [6.07, 6.45) is 3.60. The summed E-state index contributed by atoms with van der Waals surface area (Å²) in [4.78, 5) is 10.9. The van der Waals surface area contributed by atoms with Crippen LogP contribution in [0.1, 0.15) is 6.92 Å². The molecule has 2 heterocycles. The summed E-state index contributed by atoms with van der Waals surface area (Å²) in [6.45, 7) is 6.76. The van der Waals surface area contributed by atoms with E-state index in [2.05, 4.69) is 37.4 Å². The zero-order chi connectivity index (χ0) is 12.4. The molecule has 0 saturated carbocycles. The van der Waals surface area contributed by atoms with Crippen LogP contribution in [0.15, 0.2) is 41.2 Å². The number of likely N-dealkylation sites (N-methyl/N-ethyl adjacent to an activating group) is 1. The van der Waals surface area contributed by atoms with Gasteiger partial charge in [0.15, 0.2) is 0 Å². The summed E-state index contributed by atoms with van der Waals surface area (Å²) >= 11 is 3.40. The summed E-state index contributed by atoms with van der Waals surface area (Å²) < 4.78 is 0.942. The molecule has 88 valence electrons. The number of halogens is 1. The third-order valence-electron chi connectivity index (χ3n) is 2.44. The number of anilines is 1. The molecule has 0 N–H and O–H groups in total. The van der Waals surface area contributed by atoms with Crippen molar-refractivity contribution in [1.29, 1.82) is 0 Å². The zero-order valence-corrected chi connectivity index (χ0v) is 11.5. The number of fused-ring (bicyclic) bond motifs is 1. The largest absolute Gasteiger partial charge is 0.369 e. The molecule has 2 aromatic rings. The average molecular weight is 292 g/mol. The maximum absolute atomic E-state index is 4.43. The predicted molar refractivity (Wildman–Crippen MR) is 75.3 cm³/mol. The molecule has 0 saturated heterocycles. The number of nitrogens with zero attached hydrogens (tertiary/aromatic N) is 3. The van der Waals surface area contributed by atoms with Gasteiger partial charge in [0, 0.05) is 30.5 Å². The maximum Gasteiger partial charge on any atom is 0.112 e. The third-order valence-corrected chi connectivity index (χ3v) is 2.87. The molecule has 2 aromatic heterocycles. The van der Waals surface area contributed by atoms with Crippen molar-refractivity contribution in [2.45, 2.75) is 6.92 Å². The van der Waals surface area contributed by atoms with Gasteiger partial charge >= 0.3 is 0 Å². The Morgan fingerprint density at radius 3 is 2.94 bits per heavy atom. The molecule has 0 aromatic carbocycles. The van der Waals surface area contributed by atoms with Gasteiger partial charge < -0.3 is 4.90 Å². The molecule has 0 bridgehead atoms. The molecule has 0 aliphatic rings. The first-order valence-corrected chi connectivity index (χ1v) is 6.13. The SMILES string of the molecule is C=C(C)CN(C)c1ccnc2cc(Br)cnc12. The maximum atomic E-state index is 4.43. The highest BCUT2D eigenvalue weighted by atomic mass is 79.9. The van der Waals surface area contributed by atoms with Gasteiger partial charge in [0.25, 0.3) is 0 Å². The average Bonchev–Trinajstić information content (AvgIpc) is 2.26. The fraction of sp³-hybridized carbons (Fsp3) is 0.231. The molecule has 3 nitrogen and oxygen atoms in total. The number of hydrogen-bond acceptors (Lipinski definition) is 3. The monoisotopic (exact) mass is 291 g/mol. The molecule has 0 amide bonds. The first kappa shape index (κ1) is 12.0. The minimum Gasteiger partial charge on any atom is -0.369 e. The Kier molecular flexibility index (Phi) is 3.43. The van der Waals surface area contributed by atoms with Crippen LogP contribution in [0, 0.1) is 0 Å². The highest BCUT2D eigenvalue weighted by molar-refractivity contribution is 9.10. The van der Waals surface area contributed by atoms with E-state index in [0.717, 1.165) is 33.3 Å². The molecule has 2 rings (SSSR count). The summed E-state index contributed by atoms with van der Waals surface area (Å²) in [7, 11) is 2.03. The smallest absolute Gasteiger partial charge is 0.112 e. The van der Waals surface area contributed by atoms with Crippen molar-refractivity contribution in [2.24, 2.45) is 0 Å². The third kappa shape index (κ3) is 2.64.